The third-order valence-electron chi connectivity index (χ3n) is 10.6. The van der Waals surface area contributed by atoms with Gasteiger partial charge in [0.05, 0.1) is 11.6 Å². The topological polar surface area (TPSA) is 164 Å². The Morgan fingerprint density at radius 1 is 1.17 bits per heavy atom. The van der Waals surface area contributed by atoms with Crippen molar-refractivity contribution in [3.63, 3.8) is 0 Å². The molecular weight excluding hydrogens is 616 g/mol. The van der Waals surface area contributed by atoms with Crippen LogP contribution in [-0.2, 0) is 9.63 Å². The number of aliphatic hydroxyl groups excluding tert-OH is 2. The van der Waals surface area contributed by atoms with Crippen LogP contribution in [0, 0.1) is 17.8 Å². The number of ether oxygens (including phenoxy) is 1. The van der Waals surface area contributed by atoms with E-state index < -0.39 is 17.7 Å². The van der Waals surface area contributed by atoms with Gasteiger partial charge in [0.1, 0.15) is 24.7 Å². The number of aromatic hydroxyl groups is 1. The van der Waals surface area contributed by atoms with Gasteiger partial charge in [-0.25, -0.2) is 4.79 Å². The maximum atomic E-state index is 14.0. The van der Waals surface area contributed by atoms with Crippen molar-refractivity contribution >= 4 is 17.6 Å². The van der Waals surface area contributed by atoms with Crippen LogP contribution in [0.1, 0.15) is 89.0 Å². The number of carbonyl (C=O) groups is 2. The molecule has 1 saturated heterocycles. The minimum atomic E-state index is -1.81. The molecule has 0 radical (unpaired) electrons. The largest absolute Gasteiger partial charge is 0.508 e. The number of oxime groups is 1. The molecular formula is C36H54N4O8. The van der Waals surface area contributed by atoms with Gasteiger partial charge in [-0.05, 0) is 80.6 Å². The number of aliphatic hydroxyl groups is 3. The van der Waals surface area contributed by atoms with Crippen molar-refractivity contribution < 1.29 is 39.6 Å². The number of rotatable bonds is 16. The molecule has 2 heterocycles. The summed E-state index contributed by atoms with van der Waals surface area (Å²) in [5, 5.41) is 50.4. The highest BCUT2D eigenvalue weighted by Gasteiger charge is 2.64. The van der Waals surface area contributed by atoms with Crippen molar-refractivity contribution in [1.82, 2.24) is 15.1 Å². The number of nitrogens with one attached hydrogen (secondary N) is 1. The van der Waals surface area contributed by atoms with E-state index in [-0.39, 0.29) is 55.1 Å². The third-order valence-corrected chi connectivity index (χ3v) is 10.6. The van der Waals surface area contributed by atoms with Crippen LogP contribution < -0.4 is 10.1 Å². The highest BCUT2D eigenvalue weighted by Crippen LogP contribution is 2.60. The molecule has 12 heteroatoms. The molecule has 2 aliphatic heterocycles. The molecule has 2 fully saturated rings. The number of benzene rings is 1. The molecule has 12 nitrogen and oxygen atoms in total. The summed E-state index contributed by atoms with van der Waals surface area (Å²) in [5.74, 6) is -1.85. The number of urea groups is 1. The smallest absolute Gasteiger partial charge is 0.317 e. The molecule has 1 aromatic rings. The number of amides is 3. The van der Waals surface area contributed by atoms with Gasteiger partial charge in [0, 0.05) is 63.7 Å². The van der Waals surface area contributed by atoms with Gasteiger partial charge in [0.2, 0.25) is 11.7 Å². The number of phenols is 1. The van der Waals surface area contributed by atoms with E-state index in [1.165, 1.54) is 7.11 Å². The van der Waals surface area contributed by atoms with Gasteiger partial charge < -0.3 is 45.1 Å². The Labute approximate surface area is 283 Å². The zero-order chi connectivity index (χ0) is 34.3. The number of phenolic OH excluding ortho intramolecular Hbond substituents is 1. The Morgan fingerprint density at radius 3 is 2.62 bits per heavy atom. The first-order valence-electron chi connectivity index (χ1n) is 17.9. The van der Waals surface area contributed by atoms with Crippen LogP contribution in [0.3, 0.4) is 0 Å². The lowest BCUT2D eigenvalue weighted by atomic mass is 9.55. The average Bonchev–Trinajstić information content (AvgIpc) is 3.48. The van der Waals surface area contributed by atoms with Gasteiger partial charge >= 0.3 is 6.03 Å². The van der Waals surface area contributed by atoms with Gasteiger partial charge in [-0.1, -0.05) is 31.0 Å². The van der Waals surface area contributed by atoms with Crippen LogP contribution in [-0.4, -0.2) is 106 Å². The molecule has 4 aliphatic rings. The maximum absolute atomic E-state index is 14.0. The molecule has 1 saturated carbocycles. The van der Waals surface area contributed by atoms with Crippen molar-refractivity contribution in [2.45, 2.75) is 95.3 Å². The zero-order valence-electron chi connectivity index (χ0n) is 28.5. The third kappa shape index (κ3) is 7.45. The standard InChI is InChI=1S/C36H54N4O8/c1-3-16-40(35(45)37-15-9-18-39-17-8-12-32(39)44)31-23-29(38-47-2)27-21-24(10-4-6-19-41)26(11-5-7-20-42)33-28-22-25(43)13-14-30(28)48-36(31,46)34(27)33/h13-14,21-22,24,26,31,33-34,41-43,46H,3-12,15-20,23H2,1-2H3,(H,37,45). The fourth-order valence-corrected chi connectivity index (χ4v) is 8.54. The van der Waals surface area contributed by atoms with Crippen molar-refractivity contribution in [3.8, 4) is 11.5 Å². The molecule has 6 atom stereocenters. The molecule has 0 spiro atoms. The van der Waals surface area contributed by atoms with E-state index in [1.807, 2.05) is 11.8 Å². The normalized spacial score (nSPS) is 28.4. The van der Waals surface area contributed by atoms with E-state index in [2.05, 4.69) is 16.5 Å². The first kappa shape index (κ1) is 35.9. The predicted octanol–water partition coefficient (Wildman–Crippen LogP) is 3.88. The van der Waals surface area contributed by atoms with Crippen LogP contribution in [0.4, 0.5) is 4.79 Å². The van der Waals surface area contributed by atoms with Crippen molar-refractivity contribution in [1.29, 1.82) is 0 Å². The molecule has 6 unspecified atom stereocenters. The maximum Gasteiger partial charge on any atom is 0.317 e. The quantitative estimate of drug-likeness (QED) is 0.131. The number of fused-ring (bicyclic) bond motifs is 2. The van der Waals surface area contributed by atoms with E-state index >= 15 is 0 Å². The summed E-state index contributed by atoms with van der Waals surface area (Å²) in [6.07, 6.45) is 9.66. The van der Waals surface area contributed by atoms with Crippen LogP contribution in [0.2, 0.25) is 0 Å². The second kappa shape index (κ2) is 16.4. The zero-order valence-corrected chi connectivity index (χ0v) is 28.5. The molecule has 5 N–H and O–H groups in total. The highest BCUT2D eigenvalue weighted by atomic mass is 16.6. The lowest BCUT2D eigenvalue weighted by Crippen LogP contribution is -2.69. The summed E-state index contributed by atoms with van der Waals surface area (Å²) in [5.41, 5.74) is 2.28. The van der Waals surface area contributed by atoms with Crippen LogP contribution in [0.25, 0.3) is 0 Å². The minimum absolute atomic E-state index is 0.0317. The Morgan fingerprint density at radius 2 is 1.94 bits per heavy atom. The number of unbranched alkanes of at least 4 members (excludes halogenated alkanes) is 2. The lowest BCUT2D eigenvalue weighted by Gasteiger charge is -2.58. The molecule has 0 bridgehead atoms. The fraction of sp³-hybridized carbons (Fsp3) is 0.694. The Balaban J connectivity index is 1.53. The SMILES string of the molecule is CCCN(C(=O)NCCCN1CCCC1=O)C1CC(=NOC)C2=CC(CCCCO)C(CCCCO)C3c4cc(O)ccc4OC1(O)C23. The summed E-state index contributed by atoms with van der Waals surface area (Å²) >= 11 is 0. The lowest BCUT2D eigenvalue weighted by molar-refractivity contribution is -0.228. The predicted molar refractivity (Wildman–Crippen MR) is 181 cm³/mol. The molecule has 48 heavy (non-hydrogen) atoms. The van der Waals surface area contributed by atoms with Crippen molar-refractivity contribution in [3.05, 3.63) is 35.4 Å². The van der Waals surface area contributed by atoms with Crippen molar-refractivity contribution in [2.24, 2.45) is 22.9 Å². The second-order valence-electron chi connectivity index (χ2n) is 13.7. The molecule has 2 aliphatic carbocycles. The second-order valence-corrected chi connectivity index (χ2v) is 13.7. The van der Waals surface area contributed by atoms with E-state index in [9.17, 15) is 30.0 Å². The monoisotopic (exact) mass is 670 g/mol. The number of nitrogens with zero attached hydrogens (tertiary/aromatic N) is 3. The van der Waals surface area contributed by atoms with Crippen molar-refractivity contribution in [2.75, 3.05) is 46.5 Å². The first-order valence-corrected chi connectivity index (χ1v) is 17.9. The van der Waals surface area contributed by atoms with Crippen LogP contribution >= 0.6 is 0 Å². The summed E-state index contributed by atoms with van der Waals surface area (Å²) in [6, 6.07) is 3.86. The molecule has 266 valence electrons. The van der Waals surface area contributed by atoms with Crippen LogP contribution in [0.5, 0.6) is 11.5 Å². The average molecular weight is 671 g/mol. The summed E-state index contributed by atoms with van der Waals surface area (Å²) in [6.45, 7) is 4.28. The van der Waals surface area contributed by atoms with E-state index in [0.717, 1.165) is 49.8 Å². The number of allylic oxidation sites excluding steroid dienone is 1. The Bertz CT molecular complexity index is 1340. The Kier molecular flexibility index (Phi) is 12.3. The van der Waals surface area contributed by atoms with E-state index in [0.29, 0.717) is 63.2 Å². The number of hydrogen-bond donors (Lipinski definition) is 5. The fourth-order valence-electron chi connectivity index (χ4n) is 8.54. The summed E-state index contributed by atoms with van der Waals surface area (Å²) in [7, 11) is 1.49. The number of likely N-dealkylation sites (tertiary alicyclic amines) is 1. The van der Waals surface area contributed by atoms with Gasteiger partial charge in [-0.2, -0.15) is 0 Å². The molecule has 0 aromatic heterocycles. The van der Waals surface area contributed by atoms with Gasteiger partial charge in [-0.15, -0.1) is 0 Å². The number of hydrogen-bond acceptors (Lipinski definition) is 9. The van der Waals surface area contributed by atoms with Crippen LogP contribution in [0.15, 0.2) is 35.0 Å². The Hall–Kier alpha value is -3.35. The van der Waals surface area contributed by atoms with Gasteiger partial charge in [-0.3, -0.25) is 4.79 Å². The summed E-state index contributed by atoms with van der Waals surface area (Å²) in [4.78, 5) is 34.9. The first-order chi connectivity index (χ1) is 23.3. The molecule has 3 amide bonds. The molecule has 5 rings (SSSR count). The highest BCUT2D eigenvalue weighted by molar-refractivity contribution is 6.03. The van der Waals surface area contributed by atoms with E-state index in [1.54, 1.807) is 23.1 Å². The van der Waals surface area contributed by atoms with E-state index in [4.69, 9.17) is 9.57 Å². The van der Waals surface area contributed by atoms with Gasteiger partial charge in [0.15, 0.2) is 0 Å². The molecule has 1 aromatic carbocycles. The summed E-state index contributed by atoms with van der Waals surface area (Å²) < 4.78 is 6.61. The minimum Gasteiger partial charge on any atom is -0.508 e. The number of carbonyl (C=O) groups excluding carboxylic acids is 2. The van der Waals surface area contributed by atoms with Gasteiger partial charge in [0.25, 0.3) is 0 Å².